The van der Waals surface area contributed by atoms with E-state index in [-0.39, 0.29) is 30.3 Å². The third-order valence-corrected chi connectivity index (χ3v) is 4.79. The molecule has 0 saturated carbocycles. The minimum absolute atomic E-state index is 0.162. The standard InChI is InChI=1S/C20H27N5O5/c1-13(11-28-2)21-19(26)18-17(9-6-14-4-7-16(29-3)8-5-14)25(24-23-18)10-15-12-30-20(27)22-15/h4-5,7-8,13,15H,6,9-12H2,1-3H3,(H,21,26)(H,22,27). The molecular formula is C20H27N5O5. The fraction of sp³-hybridized carbons (Fsp3) is 0.500. The van der Waals surface area contributed by atoms with Crippen LogP contribution in [0.3, 0.4) is 0 Å². The van der Waals surface area contributed by atoms with Crippen LogP contribution < -0.4 is 15.4 Å². The van der Waals surface area contributed by atoms with Gasteiger partial charge in [-0.3, -0.25) is 4.79 Å². The van der Waals surface area contributed by atoms with E-state index in [4.69, 9.17) is 14.2 Å². The molecule has 0 radical (unpaired) electrons. The Morgan fingerprint density at radius 2 is 2.10 bits per heavy atom. The van der Waals surface area contributed by atoms with E-state index in [0.29, 0.717) is 31.7 Å². The number of aryl methyl sites for hydroxylation is 1. The van der Waals surface area contributed by atoms with Crippen molar-refractivity contribution in [3.63, 3.8) is 0 Å². The van der Waals surface area contributed by atoms with E-state index in [1.54, 1.807) is 18.9 Å². The maximum atomic E-state index is 12.8. The van der Waals surface area contributed by atoms with Crippen molar-refractivity contribution in [2.75, 3.05) is 27.4 Å². The number of ether oxygens (including phenoxy) is 3. The first kappa shape index (κ1) is 21.6. The molecule has 30 heavy (non-hydrogen) atoms. The zero-order chi connectivity index (χ0) is 21.5. The van der Waals surface area contributed by atoms with Crippen LogP contribution in [0.1, 0.15) is 28.7 Å². The zero-order valence-corrected chi connectivity index (χ0v) is 17.4. The number of rotatable bonds is 10. The summed E-state index contributed by atoms with van der Waals surface area (Å²) in [6.45, 7) is 2.88. The van der Waals surface area contributed by atoms with Gasteiger partial charge in [-0.15, -0.1) is 5.10 Å². The van der Waals surface area contributed by atoms with Crippen LogP contribution in [0.5, 0.6) is 5.75 Å². The highest BCUT2D eigenvalue weighted by Crippen LogP contribution is 2.16. The fourth-order valence-electron chi connectivity index (χ4n) is 3.28. The first-order chi connectivity index (χ1) is 14.5. The van der Waals surface area contributed by atoms with Crippen LogP contribution in [0, 0.1) is 0 Å². The van der Waals surface area contributed by atoms with Crippen LogP contribution in [-0.4, -0.2) is 66.5 Å². The number of aromatic nitrogens is 3. The summed E-state index contributed by atoms with van der Waals surface area (Å²) in [7, 11) is 3.21. The van der Waals surface area contributed by atoms with Gasteiger partial charge in [-0.2, -0.15) is 0 Å². The van der Waals surface area contributed by atoms with Gasteiger partial charge in [0.15, 0.2) is 5.69 Å². The number of cyclic esters (lactones) is 1. The molecule has 10 heteroatoms. The normalized spacial score (nSPS) is 16.6. The molecule has 2 unspecified atom stereocenters. The Labute approximate surface area is 174 Å². The Kier molecular flexibility index (Phi) is 7.23. The number of alkyl carbamates (subject to hydrolysis) is 1. The van der Waals surface area contributed by atoms with Crippen LogP contribution in [-0.2, 0) is 28.9 Å². The number of hydrogen-bond acceptors (Lipinski definition) is 7. The molecule has 2 amide bonds. The molecule has 1 aliphatic heterocycles. The van der Waals surface area contributed by atoms with Crippen molar-refractivity contribution in [2.24, 2.45) is 0 Å². The summed E-state index contributed by atoms with van der Waals surface area (Å²) in [5.41, 5.74) is 2.07. The third kappa shape index (κ3) is 5.47. The number of methoxy groups -OCH3 is 2. The lowest BCUT2D eigenvalue weighted by Crippen LogP contribution is -2.36. The average molecular weight is 417 g/mol. The molecule has 2 atom stereocenters. The summed E-state index contributed by atoms with van der Waals surface area (Å²) in [4.78, 5) is 24.1. The van der Waals surface area contributed by atoms with Gasteiger partial charge in [0.25, 0.3) is 5.91 Å². The molecule has 0 aliphatic carbocycles. The van der Waals surface area contributed by atoms with E-state index >= 15 is 0 Å². The van der Waals surface area contributed by atoms with E-state index in [1.165, 1.54) is 0 Å². The van der Waals surface area contributed by atoms with Crippen LogP contribution in [0.25, 0.3) is 0 Å². The number of carbonyl (C=O) groups is 2. The molecule has 1 aromatic carbocycles. The van der Waals surface area contributed by atoms with Gasteiger partial charge in [0, 0.05) is 13.2 Å². The van der Waals surface area contributed by atoms with Crippen LogP contribution in [0.2, 0.25) is 0 Å². The summed E-state index contributed by atoms with van der Waals surface area (Å²) in [6, 6.07) is 7.38. The van der Waals surface area contributed by atoms with E-state index in [2.05, 4.69) is 20.9 Å². The topological polar surface area (TPSA) is 117 Å². The van der Waals surface area contributed by atoms with Crippen molar-refractivity contribution >= 4 is 12.0 Å². The molecule has 2 heterocycles. The van der Waals surface area contributed by atoms with E-state index < -0.39 is 6.09 Å². The molecule has 2 aromatic rings. The summed E-state index contributed by atoms with van der Waals surface area (Å²) < 4.78 is 16.9. The lowest BCUT2D eigenvalue weighted by atomic mass is 10.1. The number of nitrogens with zero attached hydrogens (tertiary/aromatic N) is 3. The molecule has 0 spiro atoms. The highest BCUT2D eigenvalue weighted by molar-refractivity contribution is 5.93. The molecule has 1 aromatic heterocycles. The average Bonchev–Trinajstić information content (AvgIpc) is 3.33. The first-order valence-electron chi connectivity index (χ1n) is 9.78. The second-order valence-electron chi connectivity index (χ2n) is 7.18. The molecule has 0 bridgehead atoms. The summed E-state index contributed by atoms with van der Waals surface area (Å²) >= 11 is 0. The van der Waals surface area contributed by atoms with Gasteiger partial charge >= 0.3 is 6.09 Å². The number of nitrogens with one attached hydrogen (secondary N) is 2. The highest BCUT2D eigenvalue weighted by atomic mass is 16.6. The van der Waals surface area contributed by atoms with Gasteiger partial charge in [-0.05, 0) is 37.5 Å². The summed E-state index contributed by atoms with van der Waals surface area (Å²) in [5.74, 6) is 0.483. The molecular weight excluding hydrogens is 390 g/mol. The van der Waals surface area contributed by atoms with Gasteiger partial charge in [0.1, 0.15) is 12.4 Å². The van der Waals surface area contributed by atoms with Crippen LogP contribution in [0.15, 0.2) is 24.3 Å². The van der Waals surface area contributed by atoms with Crippen molar-refractivity contribution < 1.29 is 23.8 Å². The van der Waals surface area contributed by atoms with Gasteiger partial charge in [0.2, 0.25) is 0 Å². The highest BCUT2D eigenvalue weighted by Gasteiger charge is 2.26. The zero-order valence-electron chi connectivity index (χ0n) is 17.4. The molecule has 3 rings (SSSR count). The Hall–Kier alpha value is -3.14. The van der Waals surface area contributed by atoms with E-state index in [0.717, 1.165) is 11.3 Å². The minimum atomic E-state index is -0.453. The smallest absolute Gasteiger partial charge is 0.407 e. The Morgan fingerprint density at radius 1 is 1.33 bits per heavy atom. The number of hydrogen-bond donors (Lipinski definition) is 2. The monoisotopic (exact) mass is 417 g/mol. The Morgan fingerprint density at radius 3 is 2.73 bits per heavy atom. The maximum absolute atomic E-state index is 12.8. The van der Waals surface area contributed by atoms with Crippen molar-refractivity contribution in [1.29, 1.82) is 0 Å². The quantitative estimate of drug-likeness (QED) is 0.591. The van der Waals surface area contributed by atoms with Gasteiger partial charge in [-0.25, -0.2) is 9.48 Å². The van der Waals surface area contributed by atoms with Crippen molar-refractivity contribution in [2.45, 2.75) is 38.4 Å². The predicted octanol–water partition coefficient (Wildman–Crippen LogP) is 0.945. The van der Waals surface area contributed by atoms with E-state index in [9.17, 15) is 9.59 Å². The number of benzene rings is 1. The number of carbonyl (C=O) groups excluding carboxylic acids is 2. The van der Waals surface area contributed by atoms with Crippen LogP contribution >= 0.6 is 0 Å². The third-order valence-electron chi connectivity index (χ3n) is 4.79. The first-order valence-corrected chi connectivity index (χ1v) is 9.78. The lowest BCUT2D eigenvalue weighted by molar-refractivity contribution is 0.0899. The largest absolute Gasteiger partial charge is 0.497 e. The van der Waals surface area contributed by atoms with Crippen molar-refractivity contribution in [3.8, 4) is 5.75 Å². The minimum Gasteiger partial charge on any atom is -0.497 e. The Balaban J connectivity index is 1.77. The van der Waals surface area contributed by atoms with Gasteiger partial charge < -0.3 is 24.8 Å². The van der Waals surface area contributed by atoms with Crippen LogP contribution in [0.4, 0.5) is 4.79 Å². The van der Waals surface area contributed by atoms with Gasteiger partial charge in [-0.1, -0.05) is 17.3 Å². The Bertz CT molecular complexity index is 867. The maximum Gasteiger partial charge on any atom is 0.407 e. The van der Waals surface area contributed by atoms with Crippen molar-refractivity contribution in [3.05, 3.63) is 41.2 Å². The van der Waals surface area contributed by atoms with Crippen molar-refractivity contribution in [1.82, 2.24) is 25.6 Å². The van der Waals surface area contributed by atoms with E-state index in [1.807, 2.05) is 31.2 Å². The molecule has 10 nitrogen and oxygen atoms in total. The molecule has 162 valence electrons. The molecule has 1 aliphatic rings. The lowest BCUT2D eigenvalue weighted by Gasteiger charge is -2.14. The summed E-state index contributed by atoms with van der Waals surface area (Å²) in [6.07, 6.45) is 0.799. The predicted molar refractivity (Wildman–Crippen MR) is 107 cm³/mol. The molecule has 1 saturated heterocycles. The SMILES string of the molecule is COCC(C)NC(=O)c1nnn(CC2COC(=O)N2)c1CCc1ccc(OC)cc1. The second-order valence-corrected chi connectivity index (χ2v) is 7.18. The van der Waals surface area contributed by atoms with Gasteiger partial charge in [0.05, 0.1) is 32.0 Å². The molecule has 1 fully saturated rings. The number of amides is 2. The fourth-order valence-corrected chi connectivity index (χ4v) is 3.28. The second kappa shape index (κ2) is 10.1. The summed E-state index contributed by atoms with van der Waals surface area (Å²) in [5, 5.41) is 13.9. The molecule has 2 N–H and O–H groups in total.